The van der Waals surface area contributed by atoms with E-state index in [2.05, 4.69) is 10.3 Å². The number of hydrogen-bond acceptors (Lipinski definition) is 1. The summed E-state index contributed by atoms with van der Waals surface area (Å²) in [4.78, 5) is 2.97. The van der Waals surface area contributed by atoms with Crippen LogP contribution in [-0.2, 0) is 13.0 Å². The molecule has 2 nitrogen and oxygen atoms in total. The predicted octanol–water partition coefficient (Wildman–Crippen LogP) is 2.09. The largest absolute Gasteiger partial charge is 0.356 e. The lowest BCUT2D eigenvalue weighted by atomic mass is 10.1. The van der Waals surface area contributed by atoms with Gasteiger partial charge in [0.15, 0.2) is 0 Å². The molecule has 0 saturated heterocycles. The van der Waals surface area contributed by atoms with Crippen molar-refractivity contribution >= 4 is 10.9 Å². The van der Waals surface area contributed by atoms with E-state index in [0.717, 1.165) is 30.3 Å². The SMILES string of the molecule is Fc1ccc(F)c2c3c([nH]c12)CCNC3. The minimum atomic E-state index is -0.388. The molecular weight excluding hydrogens is 198 g/mol. The number of fused-ring (bicyclic) bond motifs is 3. The molecule has 1 aliphatic heterocycles. The van der Waals surface area contributed by atoms with Crippen molar-refractivity contribution in [1.82, 2.24) is 10.3 Å². The van der Waals surface area contributed by atoms with Crippen LogP contribution in [0.3, 0.4) is 0 Å². The number of aromatic nitrogens is 1. The first kappa shape index (κ1) is 8.85. The fourth-order valence-corrected chi connectivity index (χ4v) is 2.18. The van der Waals surface area contributed by atoms with Crippen LogP contribution in [0.5, 0.6) is 0 Å². The van der Waals surface area contributed by atoms with Crippen LogP contribution in [-0.4, -0.2) is 11.5 Å². The molecular formula is C11H10F2N2. The molecule has 3 rings (SSSR count). The molecule has 0 radical (unpaired) electrons. The van der Waals surface area contributed by atoms with Gasteiger partial charge >= 0.3 is 0 Å². The maximum atomic E-state index is 13.6. The third kappa shape index (κ3) is 1.18. The first-order valence-electron chi connectivity index (χ1n) is 4.95. The van der Waals surface area contributed by atoms with Crippen LogP contribution < -0.4 is 5.32 Å². The quantitative estimate of drug-likeness (QED) is 0.681. The Hall–Kier alpha value is -1.42. The van der Waals surface area contributed by atoms with E-state index >= 15 is 0 Å². The minimum Gasteiger partial charge on any atom is -0.356 e. The zero-order valence-corrected chi connectivity index (χ0v) is 8.03. The third-order valence-electron chi connectivity index (χ3n) is 2.90. The topological polar surface area (TPSA) is 27.8 Å². The van der Waals surface area contributed by atoms with E-state index in [9.17, 15) is 8.78 Å². The number of aromatic amines is 1. The number of H-pyrrole nitrogens is 1. The summed E-state index contributed by atoms with van der Waals surface area (Å²) in [5.74, 6) is -0.742. The van der Waals surface area contributed by atoms with Crippen molar-refractivity contribution in [3.05, 3.63) is 35.0 Å². The normalized spacial score (nSPS) is 15.6. The highest BCUT2D eigenvalue weighted by molar-refractivity contribution is 5.86. The Morgan fingerprint density at radius 1 is 1.13 bits per heavy atom. The van der Waals surface area contributed by atoms with Gasteiger partial charge < -0.3 is 10.3 Å². The molecule has 2 aromatic rings. The van der Waals surface area contributed by atoms with Crippen LogP contribution >= 0.6 is 0 Å². The molecule has 2 N–H and O–H groups in total. The Bertz CT molecular complexity index is 531. The summed E-state index contributed by atoms with van der Waals surface area (Å²) in [6, 6.07) is 2.34. The Kier molecular flexibility index (Phi) is 1.79. The first-order valence-corrected chi connectivity index (χ1v) is 4.95. The highest BCUT2D eigenvalue weighted by atomic mass is 19.1. The van der Waals surface area contributed by atoms with Crippen LogP contribution in [0.4, 0.5) is 8.78 Å². The Morgan fingerprint density at radius 2 is 1.93 bits per heavy atom. The summed E-state index contributed by atoms with van der Waals surface area (Å²) in [5.41, 5.74) is 2.12. The lowest BCUT2D eigenvalue weighted by Crippen LogP contribution is -2.23. The summed E-state index contributed by atoms with van der Waals surface area (Å²) < 4.78 is 27.0. The van der Waals surface area contributed by atoms with Crippen molar-refractivity contribution in [3.63, 3.8) is 0 Å². The highest BCUT2D eigenvalue weighted by Crippen LogP contribution is 2.28. The summed E-state index contributed by atoms with van der Waals surface area (Å²) in [6.07, 6.45) is 0.795. The maximum absolute atomic E-state index is 13.6. The summed E-state index contributed by atoms with van der Waals surface area (Å²) in [5, 5.41) is 3.56. The van der Waals surface area contributed by atoms with Gasteiger partial charge in [0.25, 0.3) is 0 Å². The van der Waals surface area contributed by atoms with Gasteiger partial charge in [-0.2, -0.15) is 0 Å². The van der Waals surface area contributed by atoms with Gasteiger partial charge in [-0.1, -0.05) is 0 Å². The number of nitrogens with one attached hydrogen (secondary N) is 2. The molecule has 0 aliphatic carbocycles. The molecule has 0 saturated carbocycles. The fourth-order valence-electron chi connectivity index (χ4n) is 2.18. The molecule has 0 atom stereocenters. The molecule has 0 amide bonds. The molecule has 0 bridgehead atoms. The summed E-state index contributed by atoms with van der Waals surface area (Å²) in [7, 11) is 0. The Labute approximate surface area is 85.3 Å². The van der Waals surface area contributed by atoms with Crippen molar-refractivity contribution in [2.45, 2.75) is 13.0 Å². The van der Waals surface area contributed by atoms with Gasteiger partial charge in [-0.15, -0.1) is 0 Å². The average Bonchev–Trinajstić information content (AvgIpc) is 2.64. The average molecular weight is 208 g/mol. The zero-order chi connectivity index (χ0) is 10.4. The van der Waals surface area contributed by atoms with E-state index in [4.69, 9.17) is 0 Å². The van der Waals surface area contributed by atoms with E-state index < -0.39 is 0 Å². The van der Waals surface area contributed by atoms with Crippen molar-refractivity contribution in [1.29, 1.82) is 0 Å². The lowest BCUT2D eigenvalue weighted by molar-refractivity contribution is 0.614. The van der Waals surface area contributed by atoms with Gasteiger partial charge in [0.05, 0.1) is 5.52 Å². The molecule has 2 heterocycles. The minimum absolute atomic E-state index is 0.295. The second-order valence-corrected chi connectivity index (χ2v) is 3.79. The van der Waals surface area contributed by atoms with Gasteiger partial charge in [-0.3, -0.25) is 0 Å². The molecule has 1 aromatic heterocycles. The lowest BCUT2D eigenvalue weighted by Gasteiger charge is -2.12. The second-order valence-electron chi connectivity index (χ2n) is 3.79. The monoisotopic (exact) mass is 208 g/mol. The fraction of sp³-hybridized carbons (Fsp3) is 0.273. The third-order valence-corrected chi connectivity index (χ3v) is 2.90. The van der Waals surface area contributed by atoms with E-state index in [1.54, 1.807) is 0 Å². The molecule has 4 heteroatoms. The second kappa shape index (κ2) is 3.03. The van der Waals surface area contributed by atoms with Crippen molar-refractivity contribution in [3.8, 4) is 0 Å². The van der Waals surface area contributed by atoms with Crippen LogP contribution in [0.1, 0.15) is 11.3 Å². The molecule has 78 valence electrons. The first-order chi connectivity index (χ1) is 7.27. The van der Waals surface area contributed by atoms with Crippen LogP contribution in [0.2, 0.25) is 0 Å². The number of halogens is 2. The summed E-state index contributed by atoms with van der Waals surface area (Å²) in [6.45, 7) is 1.46. The smallest absolute Gasteiger partial charge is 0.147 e. The molecule has 1 aliphatic rings. The van der Waals surface area contributed by atoms with E-state index in [1.807, 2.05) is 0 Å². The number of hydrogen-bond donors (Lipinski definition) is 2. The van der Waals surface area contributed by atoms with E-state index in [0.29, 0.717) is 17.4 Å². The summed E-state index contributed by atoms with van der Waals surface area (Å²) >= 11 is 0. The van der Waals surface area contributed by atoms with E-state index in [-0.39, 0.29) is 11.6 Å². The Balaban J connectivity index is 2.41. The van der Waals surface area contributed by atoms with Gasteiger partial charge in [-0.05, 0) is 17.7 Å². The molecule has 0 unspecified atom stereocenters. The number of rotatable bonds is 0. The van der Waals surface area contributed by atoms with Crippen molar-refractivity contribution in [2.24, 2.45) is 0 Å². The number of benzene rings is 1. The van der Waals surface area contributed by atoms with Gasteiger partial charge in [0.2, 0.25) is 0 Å². The standard InChI is InChI=1S/C11H10F2N2/c12-7-1-2-8(13)11-10(7)6-5-14-4-3-9(6)15-11/h1-2,14-15H,3-5H2. The van der Waals surface area contributed by atoms with Crippen LogP contribution in [0.15, 0.2) is 12.1 Å². The van der Waals surface area contributed by atoms with Crippen LogP contribution in [0.25, 0.3) is 10.9 Å². The van der Waals surface area contributed by atoms with E-state index in [1.165, 1.54) is 6.07 Å². The Morgan fingerprint density at radius 3 is 2.80 bits per heavy atom. The van der Waals surface area contributed by atoms with Crippen molar-refractivity contribution < 1.29 is 8.78 Å². The highest BCUT2D eigenvalue weighted by Gasteiger charge is 2.19. The zero-order valence-electron chi connectivity index (χ0n) is 8.03. The van der Waals surface area contributed by atoms with Crippen LogP contribution in [0, 0.1) is 11.6 Å². The predicted molar refractivity (Wildman–Crippen MR) is 53.6 cm³/mol. The van der Waals surface area contributed by atoms with Gasteiger partial charge in [0.1, 0.15) is 11.6 Å². The maximum Gasteiger partial charge on any atom is 0.147 e. The molecule has 1 aromatic carbocycles. The van der Waals surface area contributed by atoms with Crippen molar-refractivity contribution in [2.75, 3.05) is 6.54 Å². The molecule has 15 heavy (non-hydrogen) atoms. The van der Waals surface area contributed by atoms with Gasteiger partial charge in [0, 0.05) is 30.6 Å². The van der Waals surface area contributed by atoms with Gasteiger partial charge in [-0.25, -0.2) is 8.78 Å². The molecule has 0 spiro atoms. The molecule has 0 fully saturated rings.